The van der Waals surface area contributed by atoms with E-state index < -0.39 is 0 Å². The van der Waals surface area contributed by atoms with Gasteiger partial charge in [-0.15, -0.1) is 11.8 Å². The van der Waals surface area contributed by atoms with Crippen LogP contribution < -0.4 is 10.6 Å². The zero-order valence-electron chi connectivity index (χ0n) is 11.5. The van der Waals surface area contributed by atoms with Crippen molar-refractivity contribution in [2.45, 2.75) is 17.9 Å². The molecule has 0 aromatic heterocycles. The maximum Gasteiger partial charge on any atom is 0.238 e. The summed E-state index contributed by atoms with van der Waals surface area (Å²) >= 11 is 1.65. The standard InChI is InChI=1S/C14H21N3OS/c1-11-9-15-7-8-17(11)10-14(18)16-12-5-3-4-6-13(12)19-2/h3-6,11,15H,7-10H2,1-2H3,(H,16,18)/t11-/m0/s1. The van der Waals surface area contributed by atoms with Gasteiger partial charge < -0.3 is 10.6 Å². The number of thioether (sulfide) groups is 1. The predicted molar refractivity (Wildman–Crippen MR) is 80.8 cm³/mol. The molecule has 1 fully saturated rings. The molecule has 0 aliphatic carbocycles. The molecule has 1 aliphatic heterocycles. The van der Waals surface area contributed by atoms with E-state index in [9.17, 15) is 4.79 Å². The van der Waals surface area contributed by atoms with Gasteiger partial charge in [-0.2, -0.15) is 0 Å². The Bertz CT molecular complexity index is 438. The maximum atomic E-state index is 12.1. The lowest BCUT2D eigenvalue weighted by Crippen LogP contribution is -2.52. The Kier molecular flexibility index (Phi) is 5.24. The van der Waals surface area contributed by atoms with Crippen LogP contribution in [-0.4, -0.2) is 49.3 Å². The molecule has 1 aliphatic rings. The molecule has 0 radical (unpaired) electrons. The summed E-state index contributed by atoms with van der Waals surface area (Å²) in [6.07, 6.45) is 2.02. The van der Waals surface area contributed by atoms with Crippen LogP contribution in [-0.2, 0) is 4.79 Å². The van der Waals surface area contributed by atoms with E-state index in [1.165, 1.54) is 0 Å². The molecule has 0 saturated carbocycles. The van der Waals surface area contributed by atoms with Gasteiger partial charge in [-0.3, -0.25) is 9.69 Å². The quantitative estimate of drug-likeness (QED) is 0.823. The summed E-state index contributed by atoms with van der Waals surface area (Å²) in [4.78, 5) is 15.4. The molecule has 0 bridgehead atoms. The molecule has 1 saturated heterocycles. The largest absolute Gasteiger partial charge is 0.324 e. The Hall–Kier alpha value is -1.04. The van der Waals surface area contributed by atoms with Gasteiger partial charge in [-0.1, -0.05) is 12.1 Å². The molecule has 1 heterocycles. The van der Waals surface area contributed by atoms with E-state index in [4.69, 9.17) is 0 Å². The third-order valence-electron chi connectivity index (χ3n) is 3.37. The van der Waals surface area contributed by atoms with Crippen molar-refractivity contribution in [2.75, 3.05) is 37.8 Å². The van der Waals surface area contributed by atoms with Gasteiger partial charge in [-0.25, -0.2) is 0 Å². The van der Waals surface area contributed by atoms with Gasteiger partial charge >= 0.3 is 0 Å². The van der Waals surface area contributed by atoms with Crippen molar-refractivity contribution in [3.8, 4) is 0 Å². The number of hydrogen-bond donors (Lipinski definition) is 2. The molecule has 1 aromatic carbocycles. The molecular weight excluding hydrogens is 258 g/mol. The van der Waals surface area contributed by atoms with Crippen molar-refractivity contribution in [3.63, 3.8) is 0 Å². The van der Waals surface area contributed by atoms with Crippen molar-refractivity contribution >= 4 is 23.4 Å². The normalized spacial score (nSPS) is 20.2. The van der Waals surface area contributed by atoms with Gasteiger partial charge in [0.1, 0.15) is 0 Å². The van der Waals surface area contributed by atoms with E-state index in [-0.39, 0.29) is 5.91 Å². The summed E-state index contributed by atoms with van der Waals surface area (Å²) in [6.45, 7) is 5.45. The van der Waals surface area contributed by atoms with Crippen molar-refractivity contribution in [1.82, 2.24) is 10.2 Å². The van der Waals surface area contributed by atoms with Crippen LogP contribution in [0.3, 0.4) is 0 Å². The summed E-state index contributed by atoms with van der Waals surface area (Å²) in [6, 6.07) is 8.32. The summed E-state index contributed by atoms with van der Waals surface area (Å²) in [5.41, 5.74) is 0.905. The third kappa shape index (κ3) is 3.96. The SMILES string of the molecule is CSc1ccccc1NC(=O)CN1CCNC[C@@H]1C. The first-order valence-electron chi connectivity index (χ1n) is 6.58. The van der Waals surface area contributed by atoms with Gasteiger partial charge in [0.2, 0.25) is 5.91 Å². The Morgan fingerprint density at radius 2 is 2.32 bits per heavy atom. The number of carbonyl (C=O) groups is 1. The lowest BCUT2D eigenvalue weighted by molar-refractivity contribution is -0.118. The van der Waals surface area contributed by atoms with Crippen LogP contribution in [0, 0.1) is 0 Å². The molecule has 19 heavy (non-hydrogen) atoms. The van der Waals surface area contributed by atoms with Gasteiger partial charge in [0.25, 0.3) is 0 Å². The second-order valence-corrected chi connectivity index (χ2v) is 5.62. The molecule has 5 heteroatoms. The fourth-order valence-corrected chi connectivity index (χ4v) is 2.79. The van der Waals surface area contributed by atoms with Crippen molar-refractivity contribution in [1.29, 1.82) is 0 Å². The summed E-state index contributed by atoms with van der Waals surface area (Å²) in [5, 5.41) is 6.34. The van der Waals surface area contributed by atoms with Gasteiger partial charge in [0.05, 0.1) is 12.2 Å². The first-order valence-corrected chi connectivity index (χ1v) is 7.81. The fraction of sp³-hybridized carbons (Fsp3) is 0.500. The zero-order chi connectivity index (χ0) is 13.7. The van der Waals surface area contributed by atoms with E-state index in [2.05, 4.69) is 22.5 Å². The number of anilines is 1. The second-order valence-electron chi connectivity index (χ2n) is 4.77. The molecule has 0 unspecified atom stereocenters. The summed E-state index contributed by atoms with van der Waals surface area (Å²) in [5.74, 6) is 0.0650. The molecule has 4 nitrogen and oxygen atoms in total. The van der Waals surface area contributed by atoms with Crippen molar-refractivity contribution in [3.05, 3.63) is 24.3 Å². The minimum Gasteiger partial charge on any atom is -0.324 e. The monoisotopic (exact) mass is 279 g/mol. The number of hydrogen-bond acceptors (Lipinski definition) is 4. The van der Waals surface area contributed by atoms with Crippen molar-refractivity contribution in [2.24, 2.45) is 0 Å². The first-order chi connectivity index (χ1) is 9.20. The number of para-hydroxylation sites is 1. The fourth-order valence-electron chi connectivity index (χ4n) is 2.24. The number of nitrogens with zero attached hydrogens (tertiary/aromatic N) is 1. The highest BCUT2D eigenvalue weighted by Gasteiger charge is 2.20. The van der Waals surface area contributed by atoms with Crippen molar-refractivity contribution < 1.29 is 4.79 Å². The third-order valence-corrected chi connectivity index (χ3v) is 4.16. The Balaban J connectivity index is 1.93. The Morgan fingerprint density at radius 1 is 1.53 bits per heavy atom. The number of carbonyl (C=O) groups excluding carboxylic acids is 1. The van der Waals surface area contributed by atoms with E-state index in [1.807, 2.05) is 30.5 Å². The van der Waals surface area contributed by atoms with Crippen LogP contribution >= 0.6 is 11.8 Å². The molecule has 0 spiro atoms. The van der Waals surface area contributed by atoms with Gasteiger partial charge in [0.15, 0.2) is 0 Å². The zero-order valence-corrected chi connectivity index (χ0v) is 12.3. The minimum absolute atomic E-state index is 0.0650. The van der Waals surface area contributed by atoms with Crippen LogP contribution in [0.1, 0.15) is 6.92 Å². The van der Waals surface area contributed by atoms with Crippen LogP contribution in [0.5, 0.6) is 0 Å². The molecule has 2 rings (SSSR count). The number of nitrogens with one attached hydrogen (secondary N) is 2. The summed E-state index contributed by atoms with van der Waals surface area (Å²) in [7, 11) is 0. The van der Waals surface area contributed by atoms with E-state index >= 15 is 0 Å². The average Bonchev–Trinajstić information content (AvgIpc) is 2.42. The second kappa shape index (κ2) is 6.93. The molecule has 1 atom stereocenters. The number of rotatable bonds is 4. The van der Waals surface area contributed by atoms with E-state index in [1.54, 1.807) is 11.8 Å². The van der Waals surface area contributed by atoms with Gasteiger partial charge in [0, 0.05) is 30.6 Å². The topological polar surface area (TPSA) is 44.4 Å². The predicted octanol–water partition coefficient (Wildman–Crippen LogP) is 1.64. The summed E-state index contributed by atoms with van der Waals surface area (Å²) < 4.78 is 0. The highest BCUT2D eigenvalue weighted by atomic mass is 32.2. The first kappa shape index (κ1) is 14.4. The highest BCUT2D eigenvalue weighted by molar-refractivity contribution is 7.98. The molecule has 2 N–H and O–H groups in total. The Labute approximate surface area is 118 Å². The molecule has 1 aromatic rings. The number of benzene rings is 1. The molecular formula is C14H21N3OS. The van der Waals surface area contributed by atoms with Crippen LogP contribution in [0.2, 0.25) is 0 Å². The number of piperazine rings is 1. The average molecular weight is 279 g/mol. The van der Waals surface area contributed by atoms with E-state index in [0.29, 0.717) is 12.6 Å². The lowest BCUT2D eigenvalue weighted by Gasteiger charge is -2.33. The van der Waals surface area contributed by atoms with Crippen LogP contribution in [0.25, 0.3) is 0 Å². The van der Waals surface area contributed by atoms with Gasteiger partial charge in [-0.05, 0) is 25.3 Å². The smallest absolute Gasteiger partial charge is 0.238 e. The Morgan fingerprint density at radius 3 is 3.05 bits per heavy atom. The lowest BCUT2D eigenvalue weighted by atomic mass is 10.2. The molecule has 104 valence electrons. The minimum atomic E-state index is 0.0650. The van der Waals surface area contributed by atoms with E-state index in [0.717, 1.165) is 30.2 Å². The highest BCUT2D eigenvalue weighted by Crippen LogP contribution is 2.24. The van der Waals surface area contributed by atoms with Crippen LogP contribution in [0.15, 0.2) is 29.2 Å². The molecule has 1 amide bonds. The van der Waals surface area contributed by atoms with Crippen LogP contribution in [0.4, 0.5) is 5.69 Å². The maximum absolute atomic E-state index is 12.1. The number of amides is 1.